The maximum absolute atomic E-state index is 12.9. The number of carbonyl (C=O) groups is 5. The lowest BCUT2D eigenvalue weighted by Gasteiger charge is -2.19. The first-order valence-electron chi connectivity index (χ1n) is 14.4. The molecule has 238 valence electrons. The first-order chi connectivity index (χ1) is 21.7. The lowest BCUT2D eigenvalue weighted by molar-refractivity contribution is -0.131. The number of carbonyl (C=O) groups excluding carboxylic acids is 5. The van der Waals surface area contributed by atoms with Crippen molar-refractivity contribution in [1.82, 2.24) is 26.6 Å². The Hall–Kier alpha value is -4.55. The largest absolute Gasteiger partial charge is 0.357 e. The fourth-order valence-corrected chi connectivity index (χ4v) is 4.43. The molecule has 0 radical (unpaired) electrons. The van der Waals surface area contributed by atoms with E-state index in [0.29, 0.717) is 6.61 Å². The van der Waals surface area contributed by atoms with Crippen LogP contribution in [-0.2, 0) is 48.2 Å². The van der Waals surface area contributed by atoms with Crippen molar-refractivity contribution in [2.24, 2.45) is 0 Å². The third-order valence-corrected chi connectivity index (χ3v) is 7.03. The molecule has 3 rings (SSSR count). The number of hydrogen-bond donors (Lipinski definition) is 5. The van der Waals surface area contributed by atoms with Crippen molar-refractivity contribution in [3.63, 3.8) is 0 Å². The molecule has 0 saturated heterocycles. The van der Waals surface area contributed by atoms with Gasteiger partial charge in [-0.25, -0.2) is 0 Å². The number of amides is 5. The second-order valence-electron chi connectivity index (χ2n) is 10.3. The van der Waals surface area contributed by atoms with Gasteiger partial charge in [-0.1, -0.05) is 100 Å². The van der Waals surface area contributed by atoms with E-state index in [4.69, 9.17) is 4.74 Å². The van der Waals surface area contributed by atoms with Crippen LogP contribution in [0.15, 0.2) is 78.9 Å². The van der Waals surface area contributed by atoms with E-state index in [2.05, 4.69) is 85.8 Å². The minimum Gasteiger partial charge on any atom is -0.357 e. The van der Waals surface area contributed by atoms with Gasteiger partial charge < -0.3 is 31.3 Å². The molecule has 0 aliphatic carbocycles. The van der Waals surface area contributed by atoms with Crippen LogP contribution in [-0.4, -0.2) is 67.3 Å². The minimum atomic E-state index is -0.997. The second kappa shape index (κ2) is 19.0. The maximum Gasteiger partial charge on any atom is 0.243 e. The Labute approximate surface area is 271 Å². The summed E-state index contributed by atoms with van der Waals surface area (Å²) in [4.78, 5) is 60.9. The number of rotatable bonds is 17. The van der Waals surface area contributed by atoms with Gasteiger partial charge in [0.1, 0.15) is 12.8 Å². The second-order valence-corrected chi connectivity index (χ2v) is 10.9. The Kier molecular flexibility index (Phi) is 14.7. The molecular formula is C33H38BrN5O6. The summed E-state index contributed by atoms with van der Waals surface area (Å²) in [6.45, 7) is 1.34. The zero-order chi connectivity index (χ0) is 32.4. The van der Waals surface area contributed by atoms with Gasteiger partial charge in [0.05, 0.1) is 31.6 Å². The monoisotopic (exact) mass is 679 g/mol. The number of halogens is 1. The first kappa shape index (κ1) is 34.9. The molecule has 45 heavy (non-hydrogen) atoms. The molecule has 12 heteroatoms. The molecule has 1 atom stereocenters. The molecule has 0 aliphatic heterocycles. The van der Waals surface area contributed by atoms with Gasteiger partial charge in [-0.3, -0.25) is 24.0 Å². The number of alkyl halides is 1. The predicted molar refractivity (Wildman–Crippen MR) is 173 cm³/mol. The van der Waals surface area contributed by atoms with E-state index in [9.17, 15) is 24.0 Å². The van der Waals surface area contributed by atoms with Crippen molar-refractivity contribution >= 4 is 45.5 Å². The van der Waals surface area contributed by atoms with Gasteiger partial charge >= 0.3 is 0 Å². The van der Waals surface area contributed by atoms with E-state index >= 15 is 0 Å². The Morgan fingerprint density at radius 3 is 2.00 bits per heavy atom. The SMILES string of the molecule is Cc1cccc(Cc2ccc(COCNC(=O)CNC(=O)[C@H](Cc3ccccc3)NC(=O)CNC(=O)CNC(=O)CBr)cc2)c1. The molecule has 0 aromatic heterocycles. The van der Waals surface area contributed by atoms with E-state index in [0.717, 1.165) is 17.5 Å². The average molecular weight is 681 g/mol. The highest BCUT2D eigenvalue weighted by Gasteiger charge is 2.22. The van der Waals surface area contributed by atoms with Gasteiger partial charge in [-0.2, -0.15) is 0 Å². The normalized spacial score (nSPS) is 11.2. The topological polar surface area (TPSA) is 155 Å². The van der Waals surface area contributed by atoms with Gasteiger partial charge in [-0.05, 0) is 35.6 Å². The fourth-order valence-electron chi connectivity index (χ4n) is 4.24. The van der Waals surface area contributed by atoms with Crippen molar-refractivity contribution in [2.45, 2.75) is 32.4 Å². The lowest BCUT2D eigenvalue weighted by Crippen LogP contribution is -2.52. The van der Waals surface area contributed by atoms with Crippen molar-refractivity contribution < 1.29 is 28.7 Å². The Balaban J connectivity index is 1.40. The van der Waals surface area contributed by atoms with Gasteiger partial charge in [0, 0.05) is 6.42 Å². The predicted octanol–water partition coefficient (Wildman–Crippen LogP) is 1.65. The summed E-state index contributed by atoms with van der Waals surface area (Å²) in [6, 6.07) is 24.5. The summed E-state index contributed by atoms with van der Waals surface area (Å²) in [7, 11) is 0. The molecule has 0 unspecified atom stereocenters. The van der Waals surface area contributed by atoms with Gasteiger partial charge in [0.25, 0.3) is 0 Å². The smallest absolute Gasteiger partial charge is 0.243 e. The van der Waals surface area contributed by atoms with Crippen LogP contribution in [0.3, 0.4) is 0 Å². The molecule has 3 aromatic carbocycles. The molecular weight excluding hydrogens is 642 g/mol. The highest BCUT2D eigenvalue weighted by Crippen LogP contribution is 2.13. The van der Waals surface area contributed by atoms with E-state index < -0.39 is 36.2 Å². The van der Waals surface area contributed by atoms with Crippen LogP contribution in [0.25, 0.3) is 0 Å². The summed E-state index contributed by atoms with van der Waals surface area (Å²) in [5, 5.41) is 12.5. The number of hydrogen-bond acceptors (Lipinski definition) is 6. The summed E-state index contributed by atoms with van der Waals surface area (Å²) in [5.74, 6) is -2.56. The van der Waals surface area contributed by atoms with E-state index in [-0.39, 0.29) is 37.5 Å². The van der Waals surface area contributed by atoms with Crippen LogP contribution < -0.4 is 26.6 Å². The molecule has 5 amide bonds. The van der Waals surface area contributed by atoms with Crippen LogP contribution in [0, 0.1) is 6.92 Å². The Morgan fingerprint density at radius 2 is 1.29 bits per heavy atom. The van der Waals surface area contributed by atoms with E-state index in [1.165, 1.54) is 16.7 Å². The van der Waals surface area contributed by atoms with Crippen LogP contribution in [0.5, 0.6) is 0 Å². The third kappa shape index (κ3) is 13.7. The lowest BCUT2D eigenvalue weighted by atomic mass is 10.0. The summed E-state index contributed by atoms with van der Waals surface area (Å²) in [5.41, 5.74) is 5.42. The first-order valence-corrected chi connectivity index (χ1v) is 15.5. The van der Waals surface area contributed by atoms with Gasteiger partial charge in [-0.15, -0.1) is 0 Å². The maximum atomic E-state index is 12.9. The molecule has 0 saturated carbocycles. The summed E-state index contributed by atoms with van der Waals surface area (Å²) < 4.78 is 5.57. The zero-order valence-electron chi connectivity index (χ0n) is 25.1. The quantitative estimate of drug-likeness (QED) is 0.0831. The molecule has 0 fully saturated rings. The molecule has 3 aromatic rings. The van der Waals surface area contributed by atoms with Crippen LogP contribution >= 0.6 is 15.9 Å². The summed E-state index contributed by atoms with van der Waals surface area (Å²) >= 11 is 2.97. The molecule has 0 spiro atoms. The highest BCUT2D eigenvalue weighted by atomic mass is 79.9. The molecule has 5 N–H and O–H groups in total. The van der Waals surface area contributed by atoms with Crippen LogP contribution in [0.4, 0.5) is 0 Å². The number of aryl methyl sites for hydroxylation is 1. The fraction of sp³-hybridized carbons (Fsp3) is 0.303. The Bertz CT molecular complexity index is 1440. The average Bonchev–Trinajstić information content (AvgIpc) is 3.04. The van der Waals surface area contributed by atoms with Crippen molar-refractivity contribution in [2.75, 3.05) is 31.7 Å². The molecule has 0 heterocycles. The molecule has 0 bridgehead atoms. The van der Waals surface area contributed by atoms with E-state index in [1.54, 1.807) is 12.1 Å². The summed E-state index contributed by atoms with van der Waals surface area (Å²) in [6.07, 6.45) is 1.01. The molecule has 11 nitrogen and oxygen atoms in total. The third-order valence-electron chi connectivity index (χ3n) is 6.52. The number of benzene rings is 3. The zero-order valence-corrected chi connectivity index (χ0v) is 26.7. The number of ether oxygens (including phenoxy) is 1. The van der Waals surface area contributed by atoms with Crippen molar-refractivity contribution in [3.05, 3.63) is 107 Å². The molecule has 0 aliphatic rings. The highest BCUT2D eigenvalue weighted by molar-refractivity contribution is 9.09. The van der Waals surface area contributed by atoms with Gasteiger partial charge in [0.2, 0.25) is 29.5 Å². The van der Waals surface area contributed by atoms with Crippen molar-refractivity contribution in [3.8, 4) is 0 Å². The Morgan fingerprint density at radius 1 is 0.667 bits per heavy atom. The van der Waals surface area contributed by atoms with Crippen LogP contribution in [0.2, 0.25) is 0 Å². The van der Waals surface area contributed by atoms with Gasteiger partial charge in [0.15, 0.2) is 0 Å². The van der Waals surface area contributed by atoms with E-state index in [1.807, 2.05) is 30.3 Å². The van der Waals surface area contributed by atoms with Crippen LogP contribution in [0.1, 0.15) is 27.8 Å². The minimum absolute atomic E-state index is 0.0419. The standard InChI is InChI=1S/C33H38BrN5O6/c1-23-6-5-9-27(14-23)15-25-10-12-26(13-11-25)21-45-22-38-31(42)19-37-33(44)28(16-24-7-3-2-4-8-24)39-32(43)20-36-30(41)18-35-29(40)17-34/h2-14,28H,15-22H2,1H3,(H,35,40)(H,36,41)(H,37,44)(H,38,42)(H,39,43)/t28-/m0/s1. The number of nitrogens with one attached hydrogen (secondary N) is 5. The van der Waals surface area contributed by atoms with Crippen molar-refractivity contribution in [1.29, 1.82) is 0 Å².